The molecule has 4 rings (SSSR count). The summed E-state index contributed by atoms with van der Waals surface area (Å²) in [5, 5.41) is 8.13. The van der Waals surface area contributed by atoms with E-state index in [-0.39, 0.29) is 6.92 Å². The minimum Gasteiger partial charge on any atom is -0.272 e. The van der Waals surface area contributed by atoms with E-state index in [9.17, 15) is 49.1 Å². The number of para-hydroxylation sites is 2. The van der Waals surface area contributed by atoms with Crippen LogP contribution < -0.4 is 10.0 Å². The summed E-state index contributed by atoms with van der Waals surface area (Å²) in [6.45, 7) is 4.19. The smallest absolute Gasteiger partial charge is 0.272 e. The van der Waals surface area contributed by atoms with Crippen molar-refractivity contribution in [1.82, 2.24) is 0 Å². The summed E-state index contributed by atoms with van der Waals surface area (Å²) in [5.74, 6) is -1.34. The fourth-order valence-corrected chi connectivity index (χ4v) is 2.72. The van der Waals surface area contributed by atoms with Gasteiger partial charge in [0.2, 0.25) is 0 Å². The van der Waals surface area contributed by atoms with Gasteiger partial charge in [-0.1, -0.05) is 50.2 Å². The molecule has 0 saturated heterocycles. The first-order chi connectivity index (χ1) is 18.0. The van der Waals surface area contributed by atoms with Gasteiger partial charge in [0.25, 0.3) is 11.8 Å². The topological polar surface area (TPSA) is 65.3 Å². The number of anilines is 2. The third-order valence-electron chi connectivity index (χ3n) is 4.21. The molecule has 0 radical (unpaired) electrons. The van der Waals surface area contributed by atoms with Crippen LogP contribution in [-0.4, -0.2) is 41.8 Å². The van der Waals surface area contributed by atoms with Crippen LogP contribution in [-0.2, 0) is 9.59 Å². The molecule has 6 nitrogen and oxygen atoms in total. The van der Waals surface area contributed by atoms with E-state index < -0.39 is 54.6 Å². The van der Waals surface area contributed by atoms with Gasteiger partial charge in [-0.25, -0.2) is 10.0 Å². The molecule has 0 spiro atoms. The first-order valence-corrected chi connectivity index (χ1v) is 11.1. The molecule has 0 atom stereocenters. The van der Waals surface area contributed by atoms with Crippen molar-refractivity contribution in [3.8, 4) is 0 Å². The molecule has 2 aromatic rings. The summed E-state index contributed by atoms with van der Waals surface area (Å²) in [5.41, 5.74) is -1.43. The molecule has 15 heteroatoms. The third-order valence-corrected chi connectivity index (χ3v) is 4.21. The average molecular weight is 570 g/mol. The van der Waals surface area contributed by atoms with Crippen LogP contribution in [0.25, 0.3) is 0 Å². The molecule has 39 heavy (non-hydrogen) atoms. The van der Waals surface area contributed by atoms with Gasteiger partial charge in [0.15, 0.2) is 11.4 Å². The number of alkyl halides is 9. The standard InChI is InChI=1S/2C10H7F3N2O.C2H3F3.C2H6/c2*11-10(12,13)8-6-9(16)15(14-8)7-4-2-1-3-5-7;1-2(3,4)5;1-2/h2*1-5H,6H2;1H3;1-2H3. The lowest BCUT2D eigenvalue weighted by Crippen LogP contribution is -2.22. The van der Waals surface area contributed by atoms with Crippen LogP contribution in [0.1, 0.15) is 33.6 Å². The molecule has 0 aliphatic carbocycles. The van der Waals surface area contributed by atoms with E-state index in [2.05, 4.69) is 10.2 Å². The zero-order valence-corrected chi connectivity index (χ0v) is 20.7. The molecule has 0 saturated carbocycles. The van der Waals surface area contributed by atoms with E-state index in [1.165, 1.54) is 24.3 Å². The zero-order chi connectivity index (χ0) is 30.0. The molecular formula is C24H23F9N4O2. The van der Waals surface area contributed by atoms with Gasteiger partial charge in [-0.2, -0.15) is 49.7 Å². The van der Waals surface area contributed by atoms with E-state index in [0.717, 1.165) is 10.0 Å². The second kappa shape index (κ2) is 13.8. The Balaban J connectivity index is 0.000000316. The first-order valence-electron chi connectivity index (χ1n) is 11.1. The van der Waals surface area contributed by atoms with Gasteiger partial charge in [0.1, 0.15) is 0 Å². The SMILES string of the molecule is CC.CC(F)(F)F.O=C1CC(C(F)(F)F)=NN1c1ccccc1.O=C1CC(C(F)(F)F)=NN1c1ccccc1. The number of amides is 2. The molecule has 214 valence electrons. The van der Waals surface area contributed by atoms with Crippen LogP contribution in [0.15, 0.2) is 70.9 Å². The monoisotopic (exact) mass is 570 g/mol. The molecule has 2 aliphatic heterocycles. The van der Waals surface area contributed by atoms with Crippen molar-refractivity contribution in [3.63, 3.8) is 0 Å². The number of hydrogen-bond donors (Lipinski definition) is 0. The van der Waals surface area contributed by atoms with Crippen LogP contribution in [0.4, 0.5) is 50.9 Å². The Morgan fingerprint density at radius 1 is 0.590 bits per heavy atom. The van der Waals surface area contributed by atoms with E-state index in [1.807, 2.05) is 13.8 Å². The zero-order valence-electron chi connectivity index (χ0n) is 20.7. The van der Waals surface area contributed by atoms with Gasteiger partial charge in [0.05, 0.1) is 24.2 Å². The largest absolute Gasteiger partial charge is 0.431 e. The molecule has 2 aliphatic rings. The Morgan fingerprint density at radius 3 is 1.05 bits per heavy atom. The van der Waals surface area contributed by atoms with Crippen LogP contribution in [0.5, 0.6) is 0 Å². The maximum absolute atomic E-state index is 12.3. The van der Waals surface area contributed by atoms with E-state index >= 15 is 0 Å². The number of nitrogens with zero attached hydrogens (tertiary/aromatic N) is 4. The summed E-state index contributed by atoms with van der Waals surface area (Å²) < 4.78 is 105. The molecule has 0 unspecified atom stereocenters. The van der Waals surface area contributed by atoms with E-state index in [1.54, 1.807) is 36.4 Å². The van der Waals surface area contributed by atoms with Gasteiger partial charge in [-0.05, 0) is 24.3 Å². The maximum Gasteiger partial charge on any atom is 0.431 e. The lowest BCUT2D eigenvalue weighted by molar-refractivity contribution is -0.118. The Labute approximate surface area is 217 Å². The fraction of sp³-hybridized carbons (Fsp3) is 0.333. The van der Waals surface area contributed by atoms with Crippen molar-refractivity contribution >= 4 is 34.6 Å². The summed E-state index contributed by atoms with van der Waals surface area (Å²) in [6, 6.07) is 16.0. The van der Waals surface area contributed by atoms with Gasteiger partial charge in [0, 0.05) is 6.92 Å². The van der Waals surface area contributed by atoms with Crippen molar-refractivity contribution in [2.45, 2.75) is 52.1 Å². The number of benzene rings is 2. The van der Waals surface area contributed by atoms with E-state index in [0.29, 0.717) is 11.4 Å². The second-order valence-electron chi connectivity index (χ2n) is 7.31. The summed E-state index contributed by atoms with van der Waals surface area (Å²) in [6.07, 6.45) is -14.5. The Bertz CT molecular complexity index is 1050. The van der Waals surface area contributed by atoms with Crippen molar-refractivity contribution in [3.05, 3.63) is 60.7 Å². The number of carbonyl (C=O) groups excluding carboxylic acids is 2. The maximum atomic E-state index is 12.3. The molecule has 0 fully saturated rings. The number of hydrazone groups is 2. The number of carbonyl (C=O) groups is 2. The summed E-state index contributed by atoms with van der Waals surface area (Å²) in [7, 11) is 0. The van der Waals surface area contributed by atoms with Crippen molar-refractivity contribution < 1.29 is 49.1 Å². The molecule has 2 amide bonds. The van der Waals surface area contributed by atoms with Gasteiger partial charge in [-0.15, -0.1) is 0 Å². The van der Waals surface area contributed by atoms with Crippen LogP contribution in [0.3, 0.4) is 0 Å². The number of rotatable bonds is 2. The highest BCUT2D eigenvalue weighted by Gasteiger charge is 2.43. The molecule has 2 aromatic carbocycles. The third kappa shape index (κ3) is 11.2. The highest BCUT2D eigenvalue weighted by atomic mass is 19.4. The molecule has 0 N–H and O–H groups in total. The number of hydrogen-bond acceptors (Lipinski definition) is 4. The average Bonchev–Trinajstić information content (AvgIpc) is 3.44. The lowest BCUT2D eigenvalue weighted by Gasteiger charge is -2.10. The minimum atomic E-state index is -4.54. The lowest BCUT2D eigenvalue weighted by atomic mass is 10.2. The predicted octanol–water partition coefficient (Wildman–Crippen LogP) is 7.28. The highest BCUT2D eigenvalue weighted by Crippen LogP contribution is 2.29. The van der Waals surface area contributed by atoms with Crippen LogP contribution in [0.2, 0.25) is 0 Å². The van der Waals surface area contributed by atoms with Gasteiger partial charge >= 0.3 is 18.5 Å². The molecule has 0 aromatic heterocycles. The Hall–Kier alpha value is -3.91. The summed E-state index contributed by atoms with van der Waals surface area (Å²) >= 11 is 0. The molecular weight excluding hydrogens is 547 g/mol. The normalized spacial score (nSPS) is 15.3. The van der Waals surface area contributed by atoms with Gasteiger partial charge < -0.3 is 0 Å². The Morgan fingerprint density at radius 2 is 0.846 bits per heavy atom. The van der Waals surface area contributed by atoms with Crippen molar-refractivity contribution in [1.29, 1.82) is 0 Å². The minimum absolute atomic E-state index is 0.188. The Kier molecular flexibility index (Phi) is 11.7. The van der Waals surface area contributed by atoms with Crippen molar-refractivity contribution in [2.24, 2.45) is 10.2 Å². The molecule has 0 bridgehead atoms. The second-order valence-corrected chi connectivity index (χ2v) is 7.31. The predicted molar refractivity (Wildman–Crippen MR) is 127 cm³/mol. The quantitative estimate of drug-likeness (QED) is 0.357. The molecule has 2 heterocycles. The van der Waals surface area contributed by atoms with Gasteiger partial charge in [-0.3, -0.25) is 9.59 Å². The number of halogens is 9. The first kappa shape index (κ1) is 33.1. The van der Waals surface area contributed by atoms with Crippen molar-refractivity contribution in [2.75, 3.05) is 10.0 Å². The summed E-state index contributed by atoms with van der Waals surface area (Å²) in [4.78, 5) is 22.7. The highest BCUT2D eigenvalue weighted by molar-refractivity contribution is 6.15. The van der Waals surface area contributed by atoms with Crippen LogP contribution in [0, 0.1) is 0 Å². The van der Waals surface area contributed by atoms with Crippen LogP contribution >= 0.6 is 0 Å². The van der Waals surface area contributed by atoms with E-state index in [4.69, 9.17) is 0 Å². The fourth-order valence-electron chi connectivity index (χ4n) is 2.72.